The average Bonchev–Trinajstić information content (AvgIpc) is 3.32. The predicted octanol–water partition coefficient (Wildman–Crippen LogP) is 1.55. The minimum atomic E-state index is -3.44. The second-order valence-corrected chi connectivity index (χ2v) is 9.09. The molecule has 0 aromatic carbocycles. The molecule has 0 unspecified atom stereocenters. The van der Waals surface area contributed by atoms with Crippen molar-refractivity contribution in [2.75, 3.05) is 19.6 Å². The number of nitrogens with one attached hydrogen (secondary N) is 1. The number of carbonyl (C=O) groups excluding carboxylic acids is 1. The highest BCUT2D eigenvalue weighted by molar-refractivity contribution is 7.91. The van der Waals surface area contributed by atoms with Crippen LogP contribution < -0.4 is 4.72 Å². The van der Waals surface area contributed by atoms with Gasteiger partial charge in [-0.15, -0.1) is 11.3 Å². The number of likely N-dealkylation sites (tertiary alicyclic amines) is 1. The lowest BCUT2D eigenvalue weighted by Gasteiger charge is -2.33. The minimum Gasteiger partial charge on any atom is -0.342 e. The maximum atomic E-state index is 12.4. The summed E-state index contributed by atoms with van der Waals surface area (Å²) in [4.78, 5) is 14.2. The molecule has 9 heteroatoms. The molecule has 1 saturated heterocycles. The Labute approximate surface area is 151 Å². The van der Waals surface area contributed by atoms with E-state index in [9.17, 15) is 13.2 Å². The fraction of sp³-hybridized carbons (Fsp3) is 0.500. The van der Waals surface area contributed by atoms with Crippen LogP contribution >= 0.6 is 11.3 Å². The largest absolute Gasteiger partial charge is 0.342 e. The molecule has 136 valence electrons. The number of hydrogen-bond donors (Lipinski definition) is 1. The van der Waals surface area contributed by atoms with E-state index in [1.165, 1.54) is 11.3 Å². The van der Waals surface area contributed by atoms with Crippen LogP contribution in [0.1, 0.15) is 19.3 Å². The van der Waals surface area contributed by atoms with E-state index in [4.69, 9.17) is 0 Å². The van der Waals surface area contributed by atoms with E-state index in [1.54, 1.807) is 28.4 Å². The first kappa shape index (κ1) is 18.1. The van der Waals surface area contributed by atoms with Crippen LogP contribution in [0.3, 0.4) is 0 Å². The zero-order valence-corrected chi connectivity index (χ0v) is 15.5. The van der Waals surface area contributed by atoms with Crippen molar-refractivity contribution < 1.29 is 13.2 Å². The second kappa shape index (κ2) is 8.11. The topological polar surface area (TPSA) is 84.3 Å². The van der Waals surface area contributed by atoms with Crippen LogP contribution in [0.4, 0.5) is 0 Å². The summed E-state index contributed by atoms with van der Waals surface area (Å²) in [5.74, 6) is 0.249. The molecule has 1 aliphatic heterocycles. The van der Waals surface area contributed by atoms with Crippen LogP contribution in [0, 0.1) is 5.92 Å². The zero-order valence-electron chi connectivity index (χ0n) is 13.9. The number of hydrogen-bond acceptors (Lipinski definition) is 5. The number of nitrogens with zero attached hydrogens (tertiary/aromatic N) is 3. The van der Waals surface area contributed by atoms with E-state index in [2.05, 4.69) is 9.82 Å². The van der Waals surface area contributed by atoms with Crippen molar-refractivity contribution >= 4 is 27.3 Å². The van der Waals surface area contributed by atoms with Gasteiger partial charge in [-0.1, -0.05) is 6.07 Å². The van der Waals surface area contributed by atoms with Crippen molar-refractivity contribution in [2.45, 2.75) is 30.0 Å². The molecule has 1 fully saturated rings. The van der Waals surface area contributed by atoms with Crippen molar-refractivity contribution in [1.29, 1.82) is 0 Å². The summed E-state index contributed by atoms with van der Waals surface area (Å²) in [5.41, 5.74) is 0. The summed E-state index contributed by atoms with van der Waals surface area (Å²) >= 11 is 1.20. The number of aryl methyl sites for hydroxylation is 1. The van der Waals surface area contributed by atoms with E-state index in [0.29, 0.717) is 30.3 Å². The Hall–Kier alpha value is -1.71. The zero-order chi connectivity index (χ0) is 17.7. The highest BCUT2D eigenvalue weighted by Gasteiger charge is 2.25. The molecule has 0 bridgehead atoms. The van der Waals surface area contributed by atoms with E-state index >= 15 is 0 Å². The molecule has 3 rings (SSSR count). The molecule has 2 aromatic rings. The monoisotopic (exact) mass is 382 g/mol. The van der Waals surface area contributed by atoms with Crippen LogP contribution in [0.25, 0.3) is 0 Å². The number of rotatable bonds is 7. The molecule has 2 aromatic heterocycles. The Kier molecular flexibility index (Phi) is 5.87. The Morgan fingerprint density at radius 1 is 1.40 bits per heavy atom. The van der Waals surface area contributed by atoms with Crippen LogP contribution in [-0.2, 0) is 21.4 Å². The number of amides is 1. The Morgan fingerprint density at radius 2 is 2.28 bits per heavy atom. The molecule has 1 N–H and O–H groups in total. The molecular weight excluding hydrogens is 360 g/mol. The van der Waals surface area contributed by atoms with Crippen LogP contribution in [-0.4, -0.2) is 48.6 Å². The number of piperidine rings is 1. The maximum Gasteiger partial charge on any atom is 0.250 e. The van der Waals surface area contributed by atoms with Crippen molar-refractivity contribution in [3.8, 4) is 0 Å². The van der Waals surface area contributed by atoms with Gasteiger partial charge in [0.1, 0.15) is 4.21 Å². The van der Waals surface area contributed by atoms with Crippen molar-refractivity contribution in [3.63, 3.8) is 0 Å². The van der Waals surface area contributed by atoms with E-state index in [-0.39, 0.29) is 11.8 Å². The van der Waals surface area contributed by atoms with Crippen LogP contribution in [0.15, 0.2) is 40.2 Å². The van der Waals surface area contributed by atoms with Gasteiger partial charge in [-0.25, -0.2) is 13.1 Å². The van der Waals surface area contributed by atoms with Crippen molar-refractivity contribution in [2.24, 2.45) is 5.92 Å². The maximum absolute atomic E-state index is 12.4. The summed E-state index contributed by atoms with van der Waals surface area (Å²) in [6, 6.07) is 5.15. The molecule has 0 spiro atoms. The minimum absolute atomic E-state index is 0.0984. The molecule has 0 radical (unpaired) electrons. The second-order valence-electron chi connectivity index (χ2n) is 6.15. The van der Waals surface area contributed by atoms with Crippen molar-refractivity contribution in [1.82, 2.24) is 19.4 Å². The van der Waals surface area contributed by atoms with Gasteiger partial charge in [-0.05, 0) is 36.3 Å². The van der Waals surface area contributed by atoms with Gasteiger partial charge < -0.3 is 4.90 Å². The lowest BCUT2D eigenvalue weighted by Crippen LogP contribution is -2.43. The third-order valence-corrected chi connectivity index (χ3v) is 7.13. The lowest BCUT2D eigenvalue weighted by atomic mass is 9.98. The smallest absolute Gasteiger partial charge is 0.250 e. The summed E-state index contributed by atoms with van der Waals surface area (Å²) in [7, 11) is -3.44. The average molecular weight is 383 g/mol. The van der Waals surface area contributed by atoms with Gasteiger partial charge in [0.2, 0.25) is 15.9 Å². The molecule has 1 amide bonds. The van der Waals surface area contributed by atoms with Gasteiger partial charge in [-0.2, -0.15) is 5.10 Å². The number of thiophene rings is 1. The highest BCUT2D eigenvalue weighted by Crippen LogP contribution is 2.19. The Morgan fingerprint density at radius 3 is 3.00 bits per heavy atom. The fourth-order valence-corrected chi connectivity index (χ4v) is 5.13. The molecule has 25 heavy (non-hydrogen) atoms. The van der Waals surface area contributed by atoms with Crippen molar-refractivity contribution in [3.05, 3.63) is 36.0 Å². The van der Waals surface area contributed by atoms with Gasteiger partial charge in [0.25, 0.3) is 0 Å². The Balaban J connectivity index is 1.48. The van der Waals surface area contributed by atoms with Crippen LogP contribution in [0.5, 0.6) is 0 Å². The van der Waals surface area contributed by atoms with E-state index in [1.807, 2.05) is 17.2 Å². The van der Waals surface area contributed by atoms with Crippen LogP contribution in [0.2, 0.25) is 0 Å². The first-order valence-electron chi connectivity index (χ1n) is 8.33. The molecule has 1 aliphatic rings. The fourth-order valence-electron chi connectivity index (χ4n) is 2.97. The molecule has 3 heterocycles. The molecule has 1 atom stereocenters. The number of aromatic nitrogens is 2. The molecule has 7 nitrogen and oxygen atoms in total. The predicted molar refractivity (Wildman–Crippen MR) is 95.7 cm³/mol. The first-order chi connectivity index (χ1) is 12.0. The SMILES string of the molecule is O=C(CCn1cccn1)N1CCC[C@H](CNS(=O)(=O)c2cccs2)C1. The summed E-state index contributed by atoms with van der Waals surface area (Å²) in [6.45, 7) is 2.28. The normalized spacial score (nSPS) is 18.4. The van der Waals surface area contributed by atoms with Gasteiger partial charge in [0, 0.05) is 45.0 Å². The van der Waals surface area contributed by atoms with E-state index in [0.717, 1.165) is 19.4 Å². The third-order valence-electron chi connectivity index (χ3n) is 4.31. The third kappa shape index (κ3) is 4.90. The summed E-state index contributed by atoms with van der Waals surface area (Å²) < 4.78 is 29.1. The van der Waals surface area contributed by atoms with E-state index < -0.39 is 10.0 Å². The standard InChI is InChI=1S/C16H22N4O3S2/c21-15(6-10-20-9-3-7-17-20)19-8-1-4-14(13-19)12-18-25(22,23)16-5-2-11-24-16/h2-3,5,7,9,11,14,18H,1,4,6,8,10,12-13H2/t14-/m1/s1. The molecule has 0 saturated carbocycles. The summed E-state index contributed by atoms with van der Waals surface area (Å²) in [5, 5.41) is 5.84. The molecular formula is C16H22N4O3S2. The quantitative estimate of drug-likeness (QED) is 0.787. The Bertz CT molecular complexity index is 772. The van der Waals surface area contributed by atoms with Gasteiger partial charge in [0.15, 0.2) is 0 Å². The lowest BCUT2D eigenvalue weighted by molar-refractivity contribution is -0.133. The highest BCUT2D eigenvalue weighted by atomic mass is 32.2. The van der Waals surface area contributed by atoms with Gasteiger partial charge in [0.05, 0.1) is 0 Å². The first-order valence-corrected chi connectivity index (χ1v) is 10.7. The number of carbonyl (C=O) groups is 1. The number of sulfonamides is 1. The van der Waals surface area contributed by atoms with Gasteiger partial charge >= 0.3 is 0 Å². The molecule has 0 aliphatic carbocycles. The summed E-state index contributed by atoms with van der Waals surface area (Å²) in [6.07, 6.45) is 5.77. The van der Waals surface area contributed by atoms with Gasteiger partial charge in [-0.3, -0.25) is 9.48 Å².